The van der Waals surface area contributed by atoms with Crippen LogP contribution in [0.25, 0.3) is 0 Å². The maximum atomic E-state index is 13.0. The van der Waals surface area contributed by atoms with Gasteiger partial charge in [-0.1, -0.05) is 83.3 Å². The van der Waals surface area contributed by atoms with Crippen LogP contribution in [0.1, 0.15) is 27.5 Å². The molecule has 0 radical (unpaired) electrons. The zero-order valence-electron chi connectivity index (χ0n) is 15.5. The SMILES string of the molecule is NC(=NC(=O)C(NC(=O)c1cc(Cl)cc(Cl)c1)c1ccccc1Cl)c1ccccc1. The van der Waals surface area contributed by atoms with E-state index in [2.05, 4.69) is 10.3 Å². The molecule has 0 aliphatic heterocycles. The van der Waals surface area contributed by atoms with E-state index in [4.69, 9.17) is 40.5 Å². The summed E-state index contributed by atoms with van der Waals surface area (Å²) in [5.41, 5.74) is 7.14. The smallest absolute Gasteiger partial charge is 0.274 e. The number of halogens is 3. The molecule has 3 rings (SSSR count). The van der Waals surface area contributed by atoms with Gasteiger partial charge in [0.25, 0.3) is 11.8 Å². The van der Waals surface area contributed by atoms with Crippen molar-refractivity contribution in [1.29, 1.82) is 0 Å². The topological polar surface area (TPSA) is 84.5 Å². The molecule has 0 saturated heterocycles. The zero-order valence-corrected chi connectivity index (χ0v) is 17.7. The first kappa shape index (κ1) is 21.8. The summed E-state index contributed by atoms with van der Waals surface area (Å²) in [5.74, 6) is -1.21. The number of hydrogen-bond donors (Lipinski definition) is 2. The third-order valence-electron chi connectivity index (χ3n) is 4.16. The van der Waals surface area contributed by atoms with E-state index in [0.29, 0.717) is 26.2 Å². The Morgan fingerprint density at radius 2 is 1.43 bits per heavy atom. The molecule has 5 nitrogen and oxygen atoms in total. The van der Waals surface area contributed by atoms with Crippen LogP contribution < -0.4 is 11.1 Å². The lowest BCUT2D eigenvalue weighted by molar-refractivity contribution is -0.119. The van der Waals surface area contributed by atoms with Crippen LogP contribution in [0.4, 0.5) is 0 Å². The van der Waals surface area contributed by atoms with Gasteiger partial charge in [0, 0.05) is 31.8 Å². The third kappa shape index (κ3) is 5.39. The summed E-state index contributed by atoms with van der Waals surface area (Å²) in [5, 5.41) is 3.53. The van der Waals surface area contributed by atoms with Crippen LogP contribution in [0.3, 0.4) is 0 Å². The average Bonchev–Trinajstić information content (AvgIpc) is 2.72. The summed E-state index contributed by atoms with van der Waals surface area (Å²) in [4.78, 5) is 29.8. The van der Waals surface area contributed by atoms with Crippen molar-refractivity contribution in [2.75, 3.05) is 0 Å². The fraction of sp³-hybridized carbons (Fsp3) is 0.0455. The lowest BCUT2D eigenvalue weighted by Gasteiger charge is -2.18. The first-order valence-corrected chi connectivity index (χ1v) is 9.93. The molecule has 0 heterocycles. The molecule has 0 aliphatic rings. The monoisotopic (exact) mass is 459 g/mol. The van der Waals surface area contributed by atoms with Crippen molar-refractivity contribution >= 4 is 52.5 Å². The molecule has 3 aromatic carbocycles. The molecule has 0 spiro atoms. The highest BCUT2D eigenvalue weighted by Crippen LogP contribution is 2.25. The van der Waals surface area contributed by atoms with E-state index in [1.807, 2.05) is 6.07 Å². The van der Waals surface area contributed by atoms with Crippen LogP contribution in [0.2, 0.25) is 15.1 Å². The molecule has 8 heteroatoms. The fourth-order valence-electron chi connectivity index (χ4n) is 2.74. The summed E-state index contributed by atoms with van der Waals surface area (Å²) in [6.45, 7) is 0. The Balaban J connectivity index is 1.96. The quantitative estimate of drug-likeness (QED) is 0.413. The van der Waals surface area contributed by atoms with E-state index in [1.54, 1.807) is 48.5 Å². The summed E-state index contributed by atoms with van der Waals surface area (Å²) < 4.78 is 0. The van der Waals surface area contributed by atoms with Crippen LogP contribution in [-0.4, -0.2) is 17.6 Å². The van der Waals surface area contributed by atoms with E-state index >= 15 is 0 Å². The number of carbonyl (C=O) groups is 2. The molecule has 3 N–H and O–H groups in total. The lowest BCUT2D eigenvalue weighted by Crippen LogP contribution is -2.34. The van der Waals surface area contributed by atoms with E-state index in [1.165, 1.54) is 18.2 Å². The molecular weight excluding hydrogens is 445 g/mol. The van der Waals surface area contributed by atoms with Crippen molar-refractivity contribution in [2.45, 2.75) is 6.04 Å². The molecule has 3 aromatic rings. The van der Waals surface area contributed by atoms with E-state index in [9.17, 15) is 9.59 Å². The second kappa shape index (κ2) is 9.76. The molecule has 1 unspecified atom stereocenters. The van der Waals surface area contributed by atoms with Crippen LogP contribution in [0.15, 0.2) is 77.8 Å². The Labute approximate surface area is 188 Å². The van der Waals surface area contributed by atoms with Crippen molar-refractivity contribution in [1.82, 2.24) is 5.32 Å². The Bertz CT molecular complexity index is 1100. The van der Waals surface area contributed by atoms with E-state index in [0.717, 1.165) is 0 Å². The molecule has 0 fully saturated rings. The predicted molar refractivity (Wildman–Crippen MR) is 120 cm³/mol. The van der Waals surface area contributed by atoms with E-state index < -0.39 is 17.9 Å². The number of aliphatic imine (C=N–C) groups is 1. The van der Waals surface area contributed by atoms with Gasteiger partial charge in [-0.3, -0.25) is 9.59 Å². The molecule has 0 aliphatic carbocycles. The molecule has 0 aromatic heterocycles. The van der Waals surface area contributed by atoms with Crippen molar-refractivity contribution in [3.63, 3.8) is 0 Å². The minimum atomic E-state index is -1.16. The number of carbonyl (C=O) groups excluding carboxylic acids is 2. The fourth-order valence-corrected chi connectivity index (χ4v) is 3.51. The van der Waals surface area contributed by atoms with E-state index in [-0.39, 0.29) is 11.4 Å². The van der Waals surface area contributed by atoms with Crippen molar-refractivity contribution < 1.29 is 9.59 Å². The highest BCUT2D eigenvalue weighted by Gasteiger charge is 2.26. The molecular formula is C22H16Cl3N3O2. The first-order chi connectivity index (χ1) is 14.3. The number of rotatable bonds is 5. The van der Waals surface area contributed by atoms with Gasteiger partial charge >= 0.3 is 0 Å². The van der Waals surface area contributed by atoms with Gasteiger partial charge in [0.05, 0.1) is 0 Å². The summed E-state index contributed by atoms with van der Waals surface area (Å²) >= 11 is 18.2. The van der Waals surface area contributed by atoms with Gasteiger partial charge in [-0.25, -0.2) is 0 Å². The number of amidine groups is 1. The van der Waals surface area contributed by atoms with Crippen LogP contribution >= 0.6 is 34.8 Å². The van der Waals surface area contributed by atoms with Crippen LogP contribution in [-0.2, 0) is 4.79 Å². The van der Waals surface area contributed by atoms with Crippen molar-refractivity contribution in [3.8, 4) is 0 Å². The number of hydrogen-bond acceptors (Lipinski definition) is 2. The molecule has 0 bridgehead atoms. The Morgan fingerprint density at radius 1 is 0.833 bits per heavy atom. The highest BCUT2D eigenvalue weighted by atomic mass is 35.5. The first-order valence-electron chi connectivity index (χ1n) is 8.80. The normalized spacial score (nSPS) is 12.3. The molecule has 2 amide bonds. The third-order valence-corrected chi connectivity index (χ3v) is 4.94. The molecule has 1 atom stereocenters. The standard InChI is InChI=1S/C22H16Cl3N3O2/c23-15-10-14(11-16(24)12-15)21(29)27-19(17-8-4-5-9-18(17)25)22(30)28-20(26)13-6-2-1-3-7-13/h1-12,19H,(H,27,29)(H2,26,28,30). The molecule has 0 saturated carbocycles. The number of nitrogens with zero attached hydrogens (tertiary/aromatic N) is 1. The Morgan fingerprint density at radius 3 is 2.07 bits per heavy atom. The van der Waals surface area contributed by atoms with Crippen molar-refractivity contribution in [2.24, 2.45) is 10.7 Å². The zero-order chi connectivity index (χ0) is 21.7. The van der Waals surface area contributed by atoms with Gasteiger partial charge in [0.1, 0.15) is 11.9 Å². The summed E-state index contributed by atoms with van der Waals surface area (Å²) in [6.07, 6.45) is 0. The minimum absolute atomic E-state index is 0.0257. The molecule has 152 valence electrons. The highest BCUT2D eigenvalue weighted by molar-refractivity contribution is 6.35. The van der Waals surface area contributed by atoms with Gasteiger partial charge in [0.2, 0.25) is 0 Å². The Hall–Kier alpha value is -2.86. The summed E-state index contributed by atoms with van der Waals surface area (Å²) in [7, 11) is 0. The van der Waals surface area contributed by atoms with Gasteiger partial charge < -0.3 is 11.1 Å². The maximum absolute atomic E-state index is 13.0. The van der Waals surface area contributed by atoms with Crippen LogP contribution in [0, 0.1) is 0 Å². The van der Waals surface area contributed by atoms with Gasteiger partial charge in [-0.05, 0) is 24.3 Å². The predicted octanol–water partition coefficient (Wildman–Crippen LogP) is 5.05. The van der Waals surface area contributed by atoms with Gasteiger partial charge in [-0.15, -0.1) is 0 Å². The number of amides is 2. The molecule has 30 heavy (non-hydrogen) atoms. The number of benzene rings is 3. The van der Waals surface area contributed by atoms with Gasteiger partial charge in [0.15, 0.2) is 0 Å². The largest absolute Gasteiger partial charge is 0.383 e. The summed E-state index contributed by atoms with van der Waals surface area (Å²) in [6, 6.07) is 18.7. The second-order valence-corrected chi connectivity index (χ2v) is 7.57. The number of nitrogens with two attached hydrogens (primary N) is 1. The second-order valence-electron chi connectivity index (χ2n) is 6.29. The lowest BCUT2D eigenvalue weighted by atomic mass is 10.1. The van der Waals surface area contributed by atoms with Crippen LogP contribution in [0.5, 0.6) is 0 Å². The van der Waals surface area contributed by atoms with Crippen molar-refractivity contribution in [3.05, 3.63) is 105 Å². The Kier molecular flexibility index (Phi) is 7.11. The average molecular weight is 461 g/mol. The number of nitrogens with one attached hydrogen (secondary N) is 1. The van der Waals surface area contributed by atoms with Gasteiger partial charge in [-0.2, -0.15) is 4.99 Å². The minimum Gasteiger partial charge on any atom is -0.383 e. The maximum Gasteiger partial charge on any atom is 0.274 e.